The highest BCUT2D eigenvalue weighted by Gasteiger charge is 2.21. The van der Waals surface area contributed by atoms with Crippen molar-refractivity contribution in [3.8, 4) is 22.9 Å². The zero-order valence-corrected chi connectivity index (χ0v) is 18.7. The Labute approximate surface area is 190 Å². The van der Waals surface area contributed by atoms with Crippen LogP contribution in [0.2, 0.25) is 0 Å². The molecule has 1 fully saturated rings. The van der Waals surface area contributed by atoms with E-state index in [1.165, 1.54) is 23.8 Å². The third-order valence-electron chi connectivity index (χ3n) is 5.46. The minimum absolute atomic E-state index is 0.0299. The highest BCUT2D eigenvalue weighted by molar-refractivity contribution is 5.80. The van der Waals surface area contributed by atoms with Gasteiger partial charge < -0.3 is 15.4 Å². The number of rotatable bonds is 8. The van der Waals surface area contributed by atoms with Gasteiger partial charge >= 0.3 is 0 Å². The van der Waals surface area contributed by atoms with E-state index < -0.39 is 17.2 Å². The summed E-state index contributed by atoms with van der Waals surface area (Å²) in [6.07, 6.45) is 3.22. The lowest BCUT2D eigenvalue weighted by Crippen LogP contribution is -2.47. The van der Waals surface area contributed by atoms with Crippen LogP contribution in [0.5, 0.6) is 5.75 Å². The second-order valence-corrected chi connectivity index (χ2v) is 7.60. The molecule has 33 heavy (non-hydrogen) atoms. The lowest BCUT2D eigenvalue weighted by molar-refractivity contribution is 0.386. The summed E-state index contributed by atoms with van der Waals surface area (Å²) in [7, 11) is 2.90. The molecule has 2 aromatic rings. The molecule has 0 spiro atoms. The third-order valence-corrected chi connectivity index (χ3v) is 5.46. The van der Waals surface area contributed by atoms with E-state index in [-0.39, 0.29) is 39.8 Å². The molecule has 9 heteroatoms. The zero-order valence-electron chi connectivity index (χ0n) is 18.7. The molecule has 0 radical (unpaired) electrons. The molecule has 1 aromatic carbocycles. The molecule has 2 heterocycles. The van der Waals surface area contributed by atoms with Crippen LogP contribution in [0.1, 0.15) is 19.0 Å². The summed E-state index contributed by atoms with van der Waals surface area (Å²) < 4.78 is 35.3. The van der Waals surface area contributed by atoms with Gasteiger partial charge in [0.2, 0.25) is 5.95 Å². The van der Waals surface area contributed by atoms with Crippen LogP contribution >= 0.6 is 0 Å². The van der Waals surface area contributed by atoms with Gasteiger partial charge in [-0.1, -0.05) is 12.6 Å². The normalized spacial score (nSPS) is 16.4. The van der Waals surface area contributed by atoms with Crippen LogP contribution in [-0.2, 0) is 7.05 Å². The number of allylic oxidation sites excluding steroid dienone is 5. The van der Waals surface area contributed by atoms with Crippen molar-refractivity contribution in [1.82, 2.24) is 14.9 Å². The molecule has 1 aromatic heterocycles. The molecule has 3 rings (SSSR count). The molecule has 0 aliphatic carbocycles. The largest absolute Gasteiger partial charge is 0.494 e. The van der Waals surface area contributed by atoms with E-state index in [0.717, 1.165) is 25.1 Å². The van der Waals surface area contributed by atoms with E-state index in [0.29, 0.717) is 12.5 Å². The predicted molar refractivity (Wildman–Crippen MR) is 124 cm³/mol. The summed E-state index contributed by atoms with van der Waals surface area (Å²) >= 11 is 0. The number of halogens is 2. The van der Waals surface area contributed by atoms with Crippen LogP contribution in [0.4, 0.5) is 14.7 Å². The summed E-state index contributed by atoms with van der Waals surface area (Å²) in [6, 6.07) is 6.12. The van der Waals surface area contributed by atoms with Crippen LogP contribution in [0.25, 0.3) is 16.7 Å². The first kappa shape index (κ1) is 23.9. The number of nitriles is 1. The fourth-order valence-electron chi connectivity index (χ4n) is 3.40. The van der Waals surface area contributed by atoms with E-state index in [1.54, 1.807) is 26.1 Å². The number of nitrogens with zero attached hydrogens (tertiary/aromatic N) is 3. The van der Waals surface area contributed by atoms with Gasteiger partial charge in [-0.3, -0.25) is 9.36 Å². The minimum Gasteiger partial charge on any atom is -0.494 e. The topological polar surface area (TPSA) is 92.0 Å². The zero-order chi connectivity index (χ0) is 24.1. The maximum atomic E-state index is 14.6. The standard InChI is InChI=1S/C24H25F2N5O2/c1-5-15(12-27)18(25)10-14(2)22-21(16-6-7-20(33-4)19(26)11-16)23(32)31(3)24(30-22)29-13-17-8-9-28-17/h5-7,10-11,17,28H,1,8-9,13H2,2-4H3,(H,29,30)/b14-10+,18-15-. The second-order valence-electron chi connectivity index (χ2n) is 7.60. The highest BCUT2D eigenvalue weighted by Crippen LogP contribution is 2.30. The van der Waals surface area contributed by atoms with Gasteiger partial charge in [-0.05, 0) is 55.3 Å². The lowest BCUT2D eigenvalue weighted by Gasteiger charge is -2.28. The first-order valence-corrected chi connectivity index (χ1v) is 10.3. The van der Waals surface area contributed by atoms with Gasteiger partial charge in [0.25, 0.3) is 5.56 Å². The minimum atomic E-state index is -0.812. The predicted octanol–water partition coefficient (Wildman–Crippen LogP) is 3.71. The molecule has 172 valence electrons. The number of nitrogens with one attached hydrogen (secondary N) is 2. The van der Waals surface area contributed by atoms with Crippen molar-refractivity contribution >= 4 is 11.5 Å². The molecule has 0 saturated carbocycles. The first-order chi connectivity index (χ1) is 15.8. The van der Waals surface area contributed by atoms with Crippen molar-refractivity contribution in [2.24, 2.45) is 7.05 Å². The number of ether oxygens (including phenoxy) is 1. The summed E-state index contributed by atoms with van der Waals surface area (Å²) in [4.78, 5) is 17.9. The van der Waals surface area contributed by atoms with Crippen molar-refractivity contribution < 1.29 is 13.5 Å². The Balaban J connectivity index is 2.20. The molecule has 1 atom stereocenters. The van der Waals surface area contributed by atoms with Crippen LogP contribution < -0.4 is 20.9 Å². The maximum Gasteiger partial charge on any atom is 0.263 e. The summed E-state index contributed by atoms with van der Waals surface area (Å²) in [5.74, 6) is -1.13. The summed E-state index contributed by atoms with van der Waals surface area (Å²) in [5, 5.41) is 15.5. The van der Waals surface area contributed by atoms with E-state index in [1.807, 2.05) is 0 Å². The van der Waals surface area contributed by atoms with Crippen LogP contribution in [-0.4, -0.2) is 35.8 Å². The highest BCUT2D eigenvalue weighted by atomic mass is 19.1. The van der Waals surface area contributed by atoms with Gasteiger partial charge in [0.1, 0.15) is 11.9 Å². The Hall–Kier alpha value is -3.77. The quantitative estimate of drug-likeness (QED) is 0.468. The molecular formula is C24H25F2N5O2. The van der Waals surface area contributed by atoms with E-state index in [4.69, 9.17) is 10.00 Å². The fraction of sp³-hybridized carbons (Fsp3) is 0.292. The SMILES string of the molecule is C=C/C(C#N)=C(F)\C=C(/C)c1nc(NCC2CCN2)n(C)c(=O)c1-c1ccc(OC)c(F)c1. The molecule has 1 unspecified atom stereocenters. The van der Waals surface area contributed by atoms with Crippen molar-refractivity contribution in [1.29, 1.82) is 5.26 Å². The van der Waals surface area contributed by atoms with Crippen LogP contribution in [0.15, 0.2) is 53.1 Å². The number of anilines is 1. The molecule has 1 saturated heterocycles. The molecule has 0 amide bonds. The Morgan fingerprint density at radius 3 is 2.79 bits per heavy atom. The number of methoxy groups -OCH3 is 1. The Bertz CT molecular complexity index is 1240. The van der Waals surface area contributed by atoms with E-state index in [2.05, 4.69) is 22.2 Å². The number of benzene rings is 1. The van der Waals surface area contributed by atoms with Crippen molar-refractivity contribution in [3.63, 3.8) is 0 Å². The van der Waals surface area contributed by atoms with Crippen LogP contribution in [0.3, 0.4) is 0 Å². The summed E-state index contributed by atoms with van der Waals surface area (Å²) in [5.41, 5.74) is 0.147. The first-order valence-electron chi connectivity index (χ1n) is 10.3. The maximum absolute atomic E-state index is 14.6. The smallest absolute Gasteiger partial charge is 0.263 e. The Morgan fingerprint density at radius 2 is 2.24 bits per heavy atom. The van der Waals surface area contributed by atoms with Gasteiger partial charge in [0.05, 0.1) is 23.9 Å². The van der Waals surface area contributed by atoms with Gasteiger partial charge in [-0.25, -0.2) is 13.8 Å². The molecule has 7 nitrogen and oxygen atoms in total. The fourth-order valence-corrected chi connectivity index (χ4v) is 3.40. The Morgan fingerprint density at radius 1 is 1.52 bits per heavy atom. The second kappa shape index (κ2) is 10.2. The average Bonchev–Trinajstić information content (AvgIpc) is 2.76. The number of hydrogen-bond acceptors (Lipinski definition) is 6. The summed E-state index contributed by atoms with van der Waals surface area (Å²) in [6.45, 7) is 6.49. The molecule has 0 bridgehead atoms. The van der Waals surface area contributed by atoms with Gasteiger partial charge in [0.15, 0.2) is 11.6 Å². The van der Waals surface area contributed by atoms with Crippen molar-refractivity contribution in [2.45, 2.75) is 19.4 Å². The van der Waals surface area contributed by atoms with Gasteiger partial charge in [-0.15, -0.1) is 0 Å². The molecule has 1 aliphatic rings. The van der Waals surface area contributed by atoms with Gasteiger partial charge in [0, 0.05) is 19.6 Å². The number of aromatic nitrogens is 2. The number of hydrogen-bond donors (Lipinski definition) is 2. The van der Waals surface area contributed by atoms with E-state index >= 15 is 0 Å². The third kappa shape index (κ3) is 5.02. The van der Waals surface area contributed by atoms with Crippen molar-refractivity contribution in [3.05, 3.63) is 70.2 Å². The van der Waals surface area contributed by atoms with Crippen molar-refractivity contribution in [2.75, 3.05) is 25.5 Å². The molecular weight excluding hydrogens is 428 g/mol. The average molecular weight is 453 g/mol. The Kier molecular flexibility index (Phi) is 7.41. The molecule has 2 N–H and O–H groups in total. The van der Waals surface area contributed by atoms with Gasteiger partial charge in [-0.2, -0.15) is 5.26 Å². The van der Waals surface area contributed by atoms with Crippen LogP contribution in [0, 0.1) is 17.1 Å². The molecule has 1 aliphatic heterocycles. The van der Waals surface area contributed by atoms with E-state index in [9.17, 15) is 13.6 Å². The lowest BCUT2D eigenvalue weighted by atomic mass is 10.00. The monoisotopic (exact) mass is 453 g/mol.